The van der Waals surface area contributed by atoms with E-state index in [0.717, 1.165) is 22.3 Å². The van der Waals surface area contributed by atoms with Gasteiger partial charge >= 0.3 is 5.97 Å². The summed E-state index contributed by atoms with van der Waals surface area (Å²) >= 11 is 0. The molecule has 0 saturated heterocycles. The molecule has 3 amide bonds. The van der Waals surface area contributed by atoms with Gasteiger partial charge in [-0.3, -0.25) is 24.1 Å². The Morgan fingerprint density at radius 1 is 0.837 bits per heavy atom. The van der Waals surface area contributed by atoms with Crippen molar-refractivity contribution in [3.05, 3.63) is 113 Å². The first kappa shape index (κ1) is 29.3. The number of hydrogen-bond donors (Lipinski definition) is 1. The molecule has 8 nitrogen and oxygen atoms in total. The smallest absolute Gasteiger partial charge is 0.326 e. The number of amides is 3. The van der Waals surface area contributed by atoms with Gasteiger partial charge in [0.1, 0.15) is 6.54 Å². The van der Waals surface area contributed by atoms with Crippen LogP contribution in [0, 0.1) is 13.8 Å². The summed E-state index contributed by atoms with van der Waals surface area (Å²) in [6, 6.07) is 27.6. The molecule has 0 atom stereocenters. The Morgan fingerprint density at radius 2 is 1.53 bits per heavy atom. The maximum Gasteiger partial charge on any atom is 0.326 e. The van der Waals surface area contributed by atoms with Crippen molar-refractivity contribution in [1.82, 2.24) is 0 Å². The summed E-state index contributed by atoms with van der Waals surface area (Å²) in [7, 11) is 0. The molecule has 0 aromatic heterocycles. The Morgan fingerprint density at radius 3 is 2.26 bits per heavy atom. The maximum atomic E-state index is 13.8. The van der Waals surface area contributed by atoms with Crippen LogP contribution < -0.4 is 15.1 Å². The standard InChI is InChI=1S/C35H33N3O5/c1-4-43-33(40)22-38-30-18-11-24(3)21-31(30)37(20-19-32(38)39)35(42)26-14-16-27(17-15-26)36-34(41)29-8-6-5-7-28(29)25-12-9-23(2)10-13-25/h5-18,21H,4,19-20,22H2,1-3H3,(H,36,41). The van der Waals surface area contributed by atoms with Crippen LogP contribution in [0.3, 0.4) is 0 Å². The Bertz CT molecular complexity index is 1680. The van der Waals surface area contributed by atoms with Crippen molar-refractivity contribution in [3.63, 3.8) is 0 Å². The lowest BCUT2D eigenvalue weighted by Gasteiger charge is -2.25. The van der Waals surface area contributed by atoms with Crippen molar-refractivity contribution < 1.29 is 23.9 Å². The summed E-state index contributed by atoms with van der Waals surface area (Å²) in [5, 5.41) is 2.94. The largest absolute Gasteiger partial charge is 0.465 e. The van der Waals surface area contributed by atoms with E-state index in [1.807, 2.05) is 68.4 Å². The fourth-order valence-corrected chi connectivity index (χ4v) is 5.11. The fraction of sp³-hybridized carbons (Fsp3) is 0.200. The molecule has 0 unspecified atom stereocenters. The van der Waals surface area contributed by atoms with E-state index in [1.165, 1.54) is 4.90 Å². The monoisotopic (exact) mass is 575 g/mol. The summed E-state index contributed by atoms with van der Waals surface area (Å²) in [5.74, 6) is -1.33. The molecule has 0 radical (unpaired) electrons. The molecular formula is C35H33N3O5. The number of rotatable bonds is 7. The van der Waals surface area contributed by atoms with E-state index in [0.29, 0.717) is 28.2 Å². The molecule has 4 aromatic carbocycles. The van der Waals surface area contributed by atoms with E-state index >= 15 is 0 Å². The molecule has 0 fully saturated rings. The number of hydrogen-bond acceptors (Lipinski definition) is 5. The van der Waals surface area contributed by atoms with Gasteiger partial charge in [0, 0.05) is 29.8 Å². The number of nitrogens with one attached hydrogen (secondary N) is 1. The van der Waals surface area contributed by atoms with Gasteiger partial charge in [-0.25, -0.2) is 0 Å². The lowest BCUT2D eigenvalue weighted by Crippen LogP contribution is -2.36. The molecule has 218 valence electrons. The zero-order chi connectivity index (χ0) is 30.5. The van der Waals surface area contributed by atoms with Crippen LogP contribution in [0.4, 0.5) is 17.1 Å². The molecule has 0 spiro atoms. The minimum Gasteiger partial charge on any atom is -0.465 e. The van der Waals surface area contributed by atoms with Crippen LogP contribution in [0.2, 0.25) is 0 Å². The van der Waals surface area contributed by atoms with E-state index in [4.69, 9.17) is 4.74 Å². The van der Waals surface area contributed by atoms with E-state index in [2.05, 4.69) is 5.32 Å². The van der Waals surface area contributed by atoms with Gasteiger partial charge in [0.25, 0.3) is 11.8 Å². The van der Waals surface area contributed by atoms with E-state index in [-0.39, 0.29) is 43.8 Å². The van der Waals surface area contributed by atoms with Crippen LogP contribution in [0.15, 0.2) is 91.0 Å². The number of carbonyl (C=O) groups is 4. The second-order valence-electron chi connectivity index (χ2n) is 10.4. The fourth-order valence-electron chi connectivity index (χ4n) is 5.11. The SMILES string of the molecule is CCOC(=O)CN1C(=O)CCN(C(=O)c2ccc(NC(=O)c3ccccc3-c3ccc(C)cc3)cc2)c2cc(C)ccc21. The molecule has 1 heterocycles. The van der Waals surface area contributed by atoms with Crippen LogP contribution in [-0.2, 0) is 14.3 Å². The van der Waals surface area contributed by atoms with E-state index in [9.17, 15) is 19.2 Å². The van der Waals surface area contributed by atoms with Gasteiger partial charge in [-0.05, 0) is 79.9 Å². The van der Waals surface area contributed by atoms with Crippen LogP contribution in [0.5, 0.6) is 0 Å². The zero-order valence-corrected chi connectivity index (χ0v) is 24.4. The second-order valence-corrected chi connectivity index (χ2v) is 10.4. The Balaban J connectivity index is 1.36. The van der Waals surface area contributed by atoms with Crippen molar-refractivity contribution >= 4 is 40.8 Å². The highest BCUT2D eigenvalue weighted by Gasteiger charge is 2.31. The van der Waals surface area contributed by atoms with Crippen molar-refractivity contribution in [1.29, 1.82) is 0 Å². The molecule has 8 heteroatoms. The normalized spacial score (nSPS) is 12.8. The van der Waals surface area contributed by atoms with Gasteiger partial charge in [-0.2, -0.15) is 0 Å². The number of esters is 1. The van der Waals surface area contributed by atoms with Crippen LogP contribution in [0.1, 0.15) is 45.2 Å². The highest BCUT2D eigenvalue weighted by molar-refractivity contribution is 6.12. The van der Waals surface area contributed by atoms with Crippen LogP contribution >= 0.6 is 0 Å². The lowest BCUT2D eigenvalue weighted by molar-refractivity contribution is -0.142. The molecule has 4 aromatic rings. The minimum atomic E-state index is -0.513. The summed E-state index contributed by atoms with van der Waals surface area (Å²) in [5.41, 5.74) is 6.33. The molecule has 1 aliphatic heterocycles. The zero-order valence-electron chi connectivity index (χ0n) is 24.4. The van der Waals surface area contributed by atoms with Gasteiger partial charge in [0.05, 0.1) is 18.0 Å². The molecular weight excluding hydrogens is 542 g/mol. The number of fused-ring (bicyclic) bond motifs is 1. The first-order valence-corrected chi connectivity index (χ1v) is 14.2. The Hall–Kier alpha value is -5.24. The van der Waals surface area contributed by atoms with E-state index < -0.39 is 5.97 Å². The lowest BCUT2D eigenvalue weighted by atomic mass is 9.98. The third kappa shape index (κ3) is 6.48. The highest BCUT2D eigenvalue weighted by atomic mass is 16.5. The quantitative estimate of drug-likeness (QED) is 0.266. The van der Waals surface area contributed by atoms with Crippen molar-refractivity contribution in [2.45, 2.75) is 27.2 Å². The number of ether oxygens (including phenoxy) is 1. The molecule has 0 bridgehead atoms. The maximum absolute atomic E-state index is 13.8. The van der Waals surface area contributed by atoms with Crippen molar-refractivity contribution in [2.24, 2.45) is 0 Å². The van der Waals surface area contributed by atoms with Gasteiger partial charge in [0.2, 0.25) is 5.91 Å². The summed E-state index contributed by atoms with van der Waals surface area (Å²) in [6.07, 6.45) is 0.0490. The predicted molar refractivity (Wildman–Crippen MR) is 167 cm³/mol. The average molecular weight is 576 g/mol. The summed E-state index contributed by atoms with van der Waals surface area (Å²) in [6.45, 7) is 5.76. The summed E-state index contributed by atoms with van der Waals surface area (Å²) < 4.78 is 5.07. The van der Waals surface area contributed by atoms with Crippen LogP contribution in [-0.4, -0.2) is 43.4 Å². The molecule has 5 rings (SSSR count). The predicted octanol–water partition coefficient (Wildman–Crippen LogP) is 6.17. The number of anilines is 3. The molecule has 0 saturated carbocycles. The molecule has 1 aliphatic rings. The van der Waals surface area contributed by atoms with Crippen molar-refractivity contribution in [2.75, 3.05) is 34.8 Å². The minimum absolute atomic E-state index is 0.0490. The highest BCUT2D eigenvalue weighted by Crippen LogP contribution is 2.35. The van der Waals surface area contributed by atoms with Gasteiger partial charge in [-0.15, -0.1) is 0 Å². The average Bonchev–Trinajstić information content (AvgIpc) is 3.13. The summed E-state index contributed by atoms with van der Waals surface area (Å²) in [4.78, 5) is 55.3. The number of aryl methyl sites for hydroxylation is 2. The third-order valence-electron chi connectivity index (χ3n) is 7.32. The first-order valence-electron chi connectivity index (χ1n) is 14.2. The van der Waals surface area contributed by atoms with Gasteiger partial charge in [-0.1, -0.05) is 54.1 Å². The third-order valence-corrected chi connectivity index (χ3v) is 7.32. The number of nitrogens with zero attached hydrogens (tertiary/aromatic N) is 2. The molecule has 43 heavy (non-hydrogen) atoms. The Labute approximate surface area is 250 Å². The van der Waals surface area contributed by atoms with Crippen molar-refractivity contribution in [3.8, 4) is 11.1 Å². The van der Waals surface area contributed by atoms with Crippen LogP contribution in [0.25, 0.3) is 11.1 Å². The Kier molecular flexibility index (Phi) is 8.66. The first-order chi connectivity index (χ1) is 20.7. The molecule has 1 N–H and O–H groups in total. The second kappa shape index (κ2) is 12.7. The number of carbonyl (C=O) groups excluding carboxylic acids is 4. The number of benzene rings is 4. The van der Waals surface area contributed by atoms with E-state index in [1.54, 1.807) is 48.2 Å². The van der Waals surface area contributed by atoms with Gasteiger partial charge in [0.15, 0.2) is 0 Å². The van der Waals surface area contributed by atoms with Gasteiger partial charge < -0.3 is 15.0 Å². The topological polar surface area (TPSA) is 96.0 Å². The molecule has 0 aliphatic carbocycles.